The van der Waals surface area contributed by atoms with Gasteiger partial charge in [-0.15, -0.1) is 0 Å². The van der Waals surface area contributed by atoms with E-state index >= 15 is 0 Å². The van der Waals surface area contributed by atoms with E-state index in [0.29, 0.717) is 12.0 Å². The van der Waals surface area contributed by atoms with E-state index in [1.165, 1.54) is 24.1 Å². The smallest absolute Gasteiger partial charge is 0.241 e. The van der Waals surface area contributed by atoms with E-state index in [1.54, 1.807) is 19.1 Å². The number of allylic oxidation sites excluding steroid dienone is 2. The van der Waals surface area contributed by atoms with E-state index in [-0.39, 0.29) is 51.5 Å². The second-order valence-corrected chi connectivity index (χ2v) is 14.0. The molecule has 0 aromatic heterocycles. The van der Waals surface area contributed by atoms with Crippen LogP contribution in [0.5, 0.6) is 11.5 Å². The Morgan fingerprint density at radius 3 is 2.38 bits per heavy atom. The van der Waals surface area contributed by atoms with Crippen LogP contribution in [0.3, 0.4) is 0 Å². The van der Waals surface area contributed by atoms with E-state index in [1.807, 2.05) is 6.08 Å². The van der Waals surface area contributed by atoms with Crippen LogP contribution in [0.1, 0.15) is 63.4 Å². The number of nitrogens with zero attached hydrogens (tertiary/aromatic N) is 2. The van der Waals surface area contributed by atoms with Crippen LogP contribution in [-0.2, 0) is 19.2 Å². The van der Waals surface area contributed by atoms with Gasteiger partial charge in [-0.05, 0) is 74.4 Å². The number of ether oxygens (including phenoxy) is 1. The number of hydrogen-bond donors (Lipinski definition) is 1. The van der Waals surface area contributed by atoms with Crippen molar-refractivity contribution in [3.05, 3.63) is 63.4 Å². The predicted octanol–water partition coefficient (Wildman–Crippen LogP) is 6.41. The number of carbonyl (C=O) groups excluding carboxylic acids is 4. The number of anilines is 1. The molecular formula is C34H33Cl2FN2O6. The van der Waals surface area contributed by atoms with E-state index in [4.69, 9.17) is 27.9 Å². The Morgan fingerprint density at radius 1 is 0.956 bits per heavy atom. The Labute approximate surface area is 270 Å². The summed E-state index contributed by atoms with van der Waals surface area (Å²) in [4.78, 5) is 59.4. The van der Waals surface area contributed by atoms with Gasteiger partial charge in [0.15, 0.2) is 11.5 Å². The Balaban J connectivity index is 1.37. The topological polar surface area (TPSA) is 104 Å². The lowest BCUT2D eigenvalue weighted by Crippen LogP contribution is -2.49. The molecule has 1 N–H and O–H groups in total. The minimum absolute atomic E-state index is 0.00967. The second-order valence-electron chi connectivity index (χ2n) is 13.2. The van der Waals surface area contributed by atoms with Gasteiger partial charge in [-0.1, -0.05) is 54.1 Å². The largest absolute Gasteiger partial charge is 0.503 e. The number of imide groups is 2. The molecule has 0 unspecified atom stereocenters. The molecule has 2 heterocycles. The van der Waals surface area contributed by atoms with Crippen molar-refractivity contribution in [1.82, 2.24) is 4.90 Å². The molecule has 236 valence electrons. The maximum absolute atomic E-state index is 14.5. The van der Waals surface area contributed by atoms with Crippen LogP contribution in [0.2, 0.25) is 10.0 Å². The number of benzene rings is 2. The number of amides is 4. The summed E-state index contributed by atoms with van der Waals surface area (Å²) < 4.78 is 19.5. The SMILES string of the molecule is COc1cc([C@H]2C3=CC[C@@H]4C(=O)N(C5CCCCC5)C(=O)[C@@H]4[C@@H]3C[C@H]3C(=O)N(c4ccc(F)c(Cl)c4)C(=O)[C@@]23C)cc(Cl)c1O. The van der Waals surface area contributed by atoms with Crippen LogP contribution >= 0.6 is 23.2 Å². The number of phenols is 1. The number of aromatic hydroxyl groups is 1. The van der Waals surface area contributed by atoms with Crippen molar-refractivity contribution in [3.63, 3.8) is 0 Å². The zero-order chi connectivity index (χ0) is 31.9. The fourth-order valence-electron chi connectivity index (χ4n) is 8.91. The molecule has 8 nitrogen and oxygen atoms in total. The van der Waals surface area contributed by atoms with Crippen LogP contribution in [-0.4, -0.2) is 46.8 Å². The van der Waals surface area contributed by atoms with Gasteiger partial charge in [0.05, 0.1) is 46.0 Å². The quantitative estimate of drug-likeness (QED) is 0.302. The molecule has 3 aliphatic carbocycles. The summed E-state index contributed by atoms with van der Waals surface area (Å²) in [6.07, 6.45) is 7.10. The van der Waals surface area contributed by atoms with E-state index in [2.05, 4.69) is 0 Å². The van der Waals surface area contributed by atoms with Gasteiger partial charge in [-0.3, -0.25) is 24.1 Å². The van der Waals surface area contributed by atoms with Gasteiger partial charge in [0, 0.05) is 12.0 Å². The molecule has 45 heavy (non-hydrogen) atoms. The Kier molecular flexibility index (Phi) is 7.28. The molecule has 7 rings (SSSR count). The number of phenolic OH excluding ortho intramolecular Hbond substituents is 1. The molecule has 11 heteroatoms. The highest BCUT2D eigenvalue weighted by Crippen LogP contribution is 2.64. The molecule has 0 radical (unpaired) electrons. The Morgan fingerprint density at radius 2 is 1.69 bits per heavy atom. The molecule has 2 aromatic carbocycles. The van der Waals surface area contributed by atoms with E-state index in [0.717, 1.165) is 48.6 Å². The third kappa shape index (κ3) is 4.29. The number of halogens is 3. The number of likely N-dealkylation sites (tertiary alicyclic amines) is 1. The van der Waals surface area contributed by atoms with Crippen molar-refractivity contribution in [1.29, 1.82) is 0 Å². The van der Waals surface area contributed by atoms with Gasteiger partial charge in [0.1, 0.15) is 5.82 Å². The summed E-state index contributed by atoms with van der Waals surface area (Å²) in [6.45, 7) is 1.74. The normalized spacial score (nSPS) is 31.6. The zero-order valence-corrected chi connectivity index (χ0v) is 26.4. The lowest BCUT2D eigenvalue weighted by atomic mass is 9.51. The number of fused-ring (bicyclic) bond motifs is 4. The maximum atomic E-state index is 14.5. The van der Waals surface area contributed by atoms with Crippen LogP contribution in [0, 0.1) is 34.9 Å². The van der Waals surface area contributed by atoms with Crippen LogP contribution in [0.15, 0.2) is 42.0 Å². The van der Waals surface area contributed by atoms with Gasteiger partial charge >= 0.3 is 0 Å². The Bertz CT molecular complexity index is 1690. The maximum Gasteiger partial charge on any atom is 0.241 e. The summed E-state index contributed by atoms with van der Waals surface area (Å²) in [6, 6.07) is 6.76. The minimum Gasteiger partial charge on any atom is -0.503 e. The van der Waals surface area contributed by atoms with E-state index in [9.17, 15) is 28.7 Å². The fourth-order valence-corrected chi connectivity index (χ4v) is 9.30. The first kappa shape index (κ1) is 30.2. The summed E-state index contributed by atoms with van der Waals surface area (Å²) in [5.41, 5.74) is 0.147. The highest BCUT2D eigenvalue weighted by Gasteiger charge is 2.68. The summed E-state index contributed by atoms with van der Waals surface area (Å²) >= 11 is 12.5. The highest BCUT2D eigenvalue weighted by atomic mass is 35.5. The number of hydrogen-bond acceptors (Lipinski definition) is 6. The van der Waals surface area contributed by atoms with Gasteiger partial charge in [0.2, 0.25) is 23.6 Å². The number of rotatable bonds is 4. The molecule has 4 amide bonds. The molecule has 0 spiro atoms. The van der Waals surface area contributed by atoms with Crippen molar-refractivity contribution in [2.75, 3.05) is 12.0 Å². The van der Waals surface area contributed by atoms with Crippen molar-refractivity contribution in [2.45, 2.75) is 63.8 Å². The van der Waals surface area contributed by atoms with E-state index < -0.39 is 52.6 Å². The standard InChI is InChI=1S/C34H33Cl2FN2O6/c1-34-22(31(42)39(33(34)44)18-8-11-25(37)23(35)14-18)15-21-19(28(34)16-12-24(36)29(40)26(13-16)45-2)9-10-20-27(21)32(43)38(30(20)41)17-6-4-3-5-7-17/h8-9,11-14,17,20-22,27-28,40H,3-7,10,15H2,1-2H3/t20-,21+,22-,27-,28-,34+/m0/s1. The monoisotopic (exact) mass is 654 g/mol. The minimum atomic E-state index is -1.34. The molecule has 4 fully saturated rings. The zero-order valence-electron chi connectivity index (χ0n) is 24.9. The van der Waals surface area contributed by atoms with Gasteiger partial charge in [-0.25, -0.2) is 9.29 Å². The lowest BCUT2D eigenvalue weighted by Gasteiger charge is -2.49. The molecular weight excluding hydrogens is 622 g/mol. The summed E-state index contributed by atoms with van der Waals surface area (Å²) in [5, 5.41) is 10.3. The summed E-state index contributed by atoms with van der Waals surface area (Å²) in [7, 11) is 1.39. The van der Waals surface area contributed by atoms with Gasteiger partial charge < -0.3 is 9.84 Å². The second kappa shape index (κ2) is 10.8. The van der Waals surface area contributed by atoms with Crippen LogP contribution in [0.25, 0.3) is 0 Å². The Hall–Kier alpha value is -3.43. The first-order chi connectivity index (χ1) is 21.5. The van der Waals surface area contributed by atoms with Crippen molar-refractivity contribution >= 4 is 52.5 Å². The molecule has 6 atom stereocenters. The van der Waals surface area contributed by atoms with Gasteiger partial charge in [0.25, 0.3) is 0 Å². The lowest BCUT2D eigenvalue weighted by molar-refractivity contribution is -0.144. The molecule has 0 bridgehead atoms. The third-order valence-corrected chi connectivity index (χ3v) is 11.6. The third-order valence-electron chi connectivity index (χ3n) is 11.0. The molecule has 2 aliphatic heterocycles. The van der Waals surface area contributed by atoms with Crippen LogP contribution in [0.4, 0.5) is 10.1 Å². The van der Waals surface area contributed by atoms with Crippen molar-refractivity contribution in [2.24, 2.45) is 29.1 Å². The first-order valence-corrected chi connectivity index (χ1v) is 16.2. The molecule has 2 aromatic rings. The average Bonchev–Trinajstić information content (AvgIpc) is 3.39. The van der Waals surface area contributed by atoms with Crippen molar-refractivity contribution in [3.8, 4) is 11.5 Å². The molecule has 2 saturated carbocycles. The fraction of sp³-hybridized carbons (Fsp3) is 0.471. The highest BCUT2D eigenvalue weighted by molar-refractivity contribution is 6.32. The average molecular weight is 656 g/mol. The first-order valence-electron chi connectivity index (χ1n) is 15.5. The van der Waals surface area contributed by atoms with Crippen LogP contribution < -0.4 is 9.64 Å². The number of carbonyl (C=O) groups is 4. The molecule has 5 aliphatic rings. The predicted molar refractivity (Wildman–Crippen MR) is 164 cm³/mol. The molecule has 2 saturated heterocycles. The van der Waals surface area contributed by atoms with Gasteiger partial charge in [-0.2, -0.15) is 0 Å². The number of methoxy groups -OCH3 is 1. The summed E-state index contributed by atoms with van der Waals surface area (Å²) in [5.74, 6) is -5.43. The van der Waals surface area contributed by atoms with Crippen molar-refractivity contribution < 1.29 is 33.4 Å².